The van der Waals surface area contributed by atoms with Gasteiger partial charge in [0.25, 0.3) is 0 Å². The number of hydrogen-bond acceptors (Lipinski definition) is 4. The summed E-state index contributed by atoms with van der Waals surface area (Å²) in [7, 11) is -3.28. The third-order valence-corrected chi connectivity index (χ3v) is 4.84. The standard InChI is InChI=1S/C9H20N2O3S/c1-7(5-10)15(12,13)11-8(2)9-3-4-14-6-9/h7-9,11H,3-6,10H2,1-2H3. The van der Waals surface area contributed by atoms with Crippen LogP contribution in [-0.4, -0.2) is 39.5 Å². The first-order valence-electron chi connectivity index (χ1n) is 5.26. The van der Waals surface area contributed by atoms with E-state index in [2.05, 4.69) is 4.72 Å². The van der Waals surface area contributed by atoms with Crippen molar-refractivity contribution in [2.45, 2.75) is 31.6 Å². The summed E-state index contributed by atoms with van der Waals surface area (Å²) in [6, 6.07) is -0.0773. The van der Waals surface area contributed by atoms with Gasteiger partial charge in [-0.1, -0.05) is 0 Å². The molecule has 0 aromatic carbocycles. The minimum atomic E-state index is -3.28. The zero-order chi connectivity index (χ0) is 11.5. The lowest BCUT2D eigenvalue weighted by molar-refractivity contribution is 0.180. The Morgan fingerprint density at radius 3 is 2.67 bits per heavy atom. The number of ether oxygens (including phenoxy) is 1. The summed E-state index contributed by atoms with van der Waals surface area (Å²) in [5.41, 5.74) is 5.34. The number of hydrogen-bond donors (Lipinski definition) is 2. The van der Waals surface area contributed by atoms with Gasteiger partial charge >= 0.3 is 0 Å². The topological polar surface area (TPSA) is 81.4 Å². The molecule has 0 saturated carbocycles. The van der Waals surface area contributed by atoms with Crippen molar-refractivity contribution < 1.29 is 13.2 Å². The Hall–Kier alpha value is -0.170. The van der Waals surface area contributed by atoms with Crippen LogP contribution >= 0.6 is 0 Å². The summed E-state index contributed by atoms with van der Waals surface area (Å²) in [6.07, 6.45) is 0.917. The maximum atomic E-state index is 11.7. The fraction of sp³-hybridized carbons (Fsp3) is 1.00. The molecule has 3 unspecified atom stereocenters. The predicted octanol–water partition coefficient (Wildman–Crippen LogP) is -0.322. The van der Waals surface area contributed by atoms with Gasteiger partial charge in [-0.3, -0.25) is 0 Å². The molecule has 0 radical (unpaired) electrons. The van der Waals surface area contributed by atoms with Crippen LogP contribution in [0.4, 0.5) is 0 Å². The average Bonchev–Trinajstić information content (AvgIpc) is 2.68. The van der Waals surface area contributed by atoms with Gasteiger partial charge < -0.3 is 10.5 Å². The number of nitrogens with one attached hydrogen (secondary N) is 1. The van der Waals surface area contributed by atoms with E-state index in [0.717, 1.165) is 13.0 Å². The van der Waals surface area contributed by atoms with Gasteiger partial charge in [0.1, 0.15) is 0 Å². The molecule has 1 rings (SSSR count). The van der Waals surface area contributed by atoms with Crippen molar-refractivity contribution in [2.75, 3.05) is 19.8 Å². The van der Waals surface area contributed by atoms with Crippen LogP contribution in [0.2, 0.25) is 0 Å². The molecule has 0 spiro atoms. The molecule has 0 aliphatic carbocycles. The van der Waals surface area contributed by atoms with Gasteiger partial charge in [-0.05, 0) is 20.3 Å². The zero-order valence-corrected chi connectivity index (χ0v) is 10.1. The van der Waals surface area contributed by atoms with Crippen LogP contribution in [-0.2, 0) is 14.8 Å². The van der Waals surface area contributed by atoms with Crippen LogP contribution in [0.3, 0.4) is 0 Å². The number of sulfonamides is 1. The van der Waals surface area contributed by atoms with E-state index in [1.165, 1.54) is 0 Å². The molecule has 15 heavy (non-hydrogen) atoms. The number of rotatable bonds is 5. The SMILES string of the molecule is CC(NS(=O)(=O)C(C)CN)C1CCOC1. The van der Waals surface area contributed by atoms with Crippen LogP contribution in [0.15, 0.2) is 0 Å². The van der Waals surface area contributed by atoms with Gasteiger partial charge in [0.15, 0.2) is 0 Å². The molecule has 1 aliphatic rings. The van der Waals surface area contributed by atoms with Crippen LogP contribution in [0.1, 0.15) is 20.3 Å². The highest BCUT2D eigenvalue weighted by atomic mass is 32.2. The van der Waals surface area contributed by atoms with Gasteiger partial charge in [-0.25, -0.2) is 13.1 Å². The van der Waals surface area contributed by atoms with Crippen molar-refractivity contribution in [3.8, 4) is 0 Å². The lowest BCUT2D eigenvalue weighted by Crippen LogP contribution is -2.44. The van der Waals surface area contributed by atoms with E-state index in [1.807, 2.05) is 6.92 Å². The summed E-state index contributed by atoms with van der Waals surface area (Å²) in [6.45, 7) is 4.99. The second kappa shape index (κ2) is 5.25. The van der Waals surface area contributed by atoms with Crippen molar-refractivity contribution in [3.05, 3.63) is 0 Å². The molecule has 0 amide bonds. The Labute approximate surface area is 91.4 Å². The molecule has 0 aromatic rings. The van der Waals surface area contributed by atoms with Gasteiger partial charge in [-0.2, -0.15) is 0 Å². The van der Waals surface area contributed by atoms with Crippen LogP contribution in [0.25, 0.3) is 0 Å². The van der Waals surface area contributed by atoms with Gasteiger partial charge in [0.2, 0.25) is 10.0 Å². The molecular weight excluding hydrogens is 216 g/mol. The van der Waals surface area contributed by atoms with E-state index >= 15 is 0 Å². The fourth-order valence-electron chi connectivity index (χ4n) is 1.55. The molecular formula is C9H20N2O3S. The zero-order valence-electron chi connectivity index (χ0n) is 9.27. The van der Waals surface area contributed by atoms with Crippen molar-refractivity contribution in [1.29, 1.82) is 0 Å². The van der Waals surface area contributed by atoms with Crippen molar-refractivity contribution in [2.24, 2.45) is 11.7 Å². The van der Waals surface area contributed by atoms with E-state index in [4.69, 9.17) is 10.5 Å². The van der Waals surface area contributed by atoms with Crippen molar-refractivity contribution >= 4 is 10.0 Å². The van der Waals surface area contributed by atoms with E-state index in [1.54, 1.807) is 6.92 Å². The summed E-state index contributed by atoms with van der Waals surface area (Å²) in [5.74, 6) is 0.282. The van der Waals surface area contributed by atoms with Crippen LogP contribution < -0.4 is 10.5 Å². The minimum Gasteiger partial charge on any atom is -0.381 e. The molecule has 1 aliphatic heterocycles. The molecule has 6 heteroatoms. The first-order valence-corrected chi connectivity index (χ1v) is 6.81. The summed E-state index contributed by atoms with van der Waals surface area (Å²) >= 11 is 0. The molecule has 3 N–H and O–H groups in total. The monoisotopic (exact) mass is 236 g/mol. The van der Waals surface area contributed by atoms with E-state index in [9.17, 15) is 8.42 Å². The highest BCUT2D eigenvalue weighted by Gasteiger charge is 2.28. The number of nitrogens with two attached hydrogens (primary N) is 1. The fourth-order valence-corrected chi connectivity index (χ4v) is 2.74. The Morgan fingerprint density at radius 2 is 2.20 bits per heavy atom. The molecule has 5 nitrogen and oxygen atoms in total. The summed E-state index contributed by atoms with van der Waals surface area (Å²) in [4.78, 5) is 0. The van der Waals surface area contributed by atoms with Crippen molar-refractivity contribution in [3.63, 3.8) is 0 Å². The highest BCUT2D eigenvalue weighted by molar-refractivity contribution is 7.90. The maximum Gasteiger partial charge on any atom is 0.215 e. The third-order valence-electron chi connectivity index (χ3n) is 2.88. The quantitative estimate of drug-likeness (QED) is 0.685. The molecule has 1 saturated heterocycles. The molecule has 0 aromatic heterocycles. The highest BCUT2D eigenvalue weighted by Crippen LogP contribution is 2.17. The van der Waals surface area contributed by atoms with E-state index < -0.39 is 15.3 Å². The second-order valence-corrected chi connectivity index (χ2v) is 6.25. The average molecular weight is 236 g/mol. The first-order chi connectivity index (χ1) is 6.97. The second-order valence-electron chi connectivity index (χ2n) is 4.12. The molecule has 90 valence electrons. The Balaban J connectivity index is 2.52. The van der Waals surface area contributed by atoms with Crippen molar-refractivity contribution in [1.82, 2.24) is 4.72 Å². The van der Waals surface area contributed by atoms with Gasteiger partial charge in [-0.15, -0.1) is 0 Å². The minimum absolute atomic E-state index is 0.0773. The smallest absolute Gasteiger partial charge is 0.215 e. The van der Waals surface area contributed by atoms with Gasteiger partial charge in [0, 0.05) is 25.1 Å². The Bertz CT molecular complexity index is 286. The van der Waals surface area contributed by atoms with Crippen LogP contribution in [0.5, 0.6) is 0 Å². The largest absolute Gasteiger partial charge is 0.381 e. The third kappa shape index (κ3) is 3.41. The normalized spacial score (nSPS) is 26.5. The maximum absolute atomic E-state index is 11.7. The lowest BCUT2D eigenvalue weighted by Gasteiger charge is -2.21. The first kappa shape index (κ1) is 12.9. The van der Waals surface area contributed by atoms with Gasteiger partial charge in [0.05, 0.1) is 11.9 Å². The van der Waals surface area contributed by atoms with Crippen LogP contribution in [0, 0.1) is 5.92 Å². The molecule has 3 atom stereocenters. The lowest BCUT2D eigenvalue weighted by atomic mass is 10.0. The molecule has 1 fully saturated rings. The summed E-state index contributed by atoms with van der Waals surface area (Å²) < 4.78 is 31.3. The predicted molar refractivity (Wildman–Crippen MR) is 59.0 cm³/mol. The Kier molecular flexibility index (Phi) is 4.51. The Morgan fingerprint density at radius 1 is 1.53 bits per heavy atom. The molecule has 0 bridgehead atoms. The molecule has 1 heterocycles. The van der Waals surface area contributed by atoms with E-state index in [-0.39, 0.29) is 18.5 Å². The van der Waals surface area contributed by atoms with E-state index in [0.29, 0.717) is 6.61 Å². The summed E-state index contributed by atoms with van der Waals surface area (Å²) in [5, 5.41) is -0.540.